The molecule has 0 aliphatic carbocycles. The van der Waals surface area contributed by atoms with E-state index >= 15 is 0 Å². The van der Waals surface area contributed by atoms with Gasteiger partial charge in [0, 0.05) is 18.9 Å². The van der Waals surface area contributed by atoms with Gasteiger partial charge >= 0.3 is 5.97 Å². The smallest absolute Gasteiger partial charge is 0.335 e. The molecule has 0 atom stereocenters. The first-order valence-electron chi connectivity index (χ1n) is 6.23. The second kappa shape index (κ2) is 4.77. The van der Waals surface area contributed by atoms with Gasteiger partial charge in [-0.3, -0.25) is 4.98 Å². The number of fused-ring (bicyclic) bond motifs is 1. The Balaban J connectivity index is 2.06. The standard InChI is InChI=1S/C15H13N3O2/c1-10-7-16-5-4-12(10)8-18-9-17-13-3-2-11(15(19)20)6-14(13)18/h2-7,9H,8H2,1H3,(H,19,20). The Morgan fingerprint density at radius 3 is 2.95 bits per heavy atom. The molecule has 100 valence electrons. The first-order valence-corrected chi connectivity index (χ1v) is 6.23. The summed E-state index contributed by atoms with van der Waals surface area (Å²) in [5.41, 5.74) is 4.12. The lowest BCUT2D eigenvalue weighted by molar-refractivity contribution is 0.0697. The summed E-state index contributed by atoms with van der Waals surface area (Å²) in [4.78, 5) is 19.4. The highest BCUT2D eigenvalue weighted by molar-refractivity contribution is 5.92. The zero-order valence-electron chi connectivity index (χ0n) is 10.9. The van der Waals surface area contributed by atoms with E-state index in [9.17, 15) is 4.79 Å². The highest BCUT2D eigenvalue weighted by atomic mass is 16.4. The van der Waals surface area contributed by atoms with E-state index in [0.29, 0.717) is 6.54 Å². The largest absolute Gasteiger partial charge is 0.478 e. The van der Waals surface area contributed by atoms with Crippen molar-refractivity contribution in [2.24, 2.45) is 0 Å². The van der Waals surface area contributed by atoms with Gasteiger partial charge in [-0.2, -0.15) is 0 Å². The molecule has 0 aliphatic heterocycles. The number of pyridine rings is 1. The monoisotopic (exact) mass is 267 g/mol. The first-order chi connectivity index (χ1) is 9.65. The third-order valence-electron chi connectivity index (χ3n) is 3.35. The minimum Gasteiger partial charge on any atom is -0.478 e. The number of aryl methyl sites for hydroxylation is 1. The van der Waals surface area contributed by atoms with Crippen molar-refractivity contribution in [2.45, 2.75) is 13.5 Å². The van der Waals surface area contributed by atoms with Gasteiger partial charge in [-0.05, 0) is 42.3 Å². The number of benzene rings is 1. The third kappa shape index (κ3) is 2.14. The fraction of sp³-hybridized carbons (Fsp3) is 0.133. The molecule has 2 aromatic heterocycles. The van der Waals surface area contributed by atoms with Gasteiger partial charge in [0.1, 0.15) is 0 Å². The van der Waals surface area contributed by atoms with Crippen molar-refractivity contribution in [1.82, 2.24) is 14.5 Å². The van der Waals surface area contributed by atoms with E-state index in [0.717, 1.165) is 22.2 Å². The number of nitrogens with zero attached hydrogens (tertiary/aromatic N) is 3. The molecule has 0 unspecified atom stereocenters. The summed E-state index contributed by atoms with van der Waals surface area (Å²) < 4.78 is 1.95. The maximum absolute atomic E-state index is 11.1. The van der Waals surface area contributed by atoms with E-state index in [1.54, 1.807) is 30.7 Å². The molecular formula is C15H13N3O2. The average molecular weight is 267 g/mol. The Labute approximate surface area is 115 Å². The van der Waals surface area contributed by atoms with Gasteiger partial charge in [-0.1, -0.05) is 0 Å². The van der Waals surface area contributed by atoms with Crippen LogP contribution in [0.5, 0.6) is 0 Å². The van der Waals surface area contributed by atoms with Crippen molar-refractivity contribution in [3.63, 3.8) is 0 Å². The minimum absolute atomic E-state index is 0.269. The summed E-state index contributed by atoms with van der Waals surface area (Å²) in [6, 6.07) is 6.91. The number of rotatable bonds is 3. The number of aromatic nitrogens is 3. The number of hydrogen-bond acceptors (Lipinski definition) is 3. The van der Waals surface area contributed by atoms with Gasteiger partial charge in [0.2, 0.25) is 0 Å². The number of carboxylic acid groups (broad SMARTS) is 1. The van der Waals surface area contributed by atoms with E-state index in [1.807, 2.05) is 23.8 Å². The topological polar surface area (TPSA) is 68.0 Å². The summed E-state index contributed by atoms with van der Waals surface area (Å²) in [6.45, 7) is 2.65. The van der Waals surface area contributed by atoms with E-state index in [2.05, 4.69) is 9.97 Å². The second-order valence-electron chi connectivity index (χ2n) is 4.68. The van der Waals surface area contributed by atoms with Crippen LogP contribution in [-0.4, -0.2) is 25.6 Å². The van der Waals surface area contributed by atoms with Crippen molar-refractivity contribution < 1.29 is 9.90 Å². The van der Waals surface area contributed by atoms with Crippen LogP contribution in [-0.2, 0) is 6.54 Å². The van der Waals surface area contributed by atoms with E-state index < -0.39 is 5.97 Å². The Morgan fingerprint density at radius 1 is 1.35 bits per heavy atom. The predicted octanol–water partition coefficient (Wildman–Crippen LogP) is 2.49. The van der Waals surface area contributed by atoms with Crippen LogP contribution in [0.3, 0.4) is 0 Å². The molecule has 0 fully saturated rings. The molecule has 1 N–H and O–H groups in total. The zero-order valence-corrected chi connectivity index (χ0v) is 10.9. The van der Waals surface area contributed by atoms with Crippen LogP contribution in [0.2, 0.25) is 0 Å². The molecule has 3 rings (SSSR count). The number of carboxylic acids is 1. The molecule has 2 heterocycles. The first kappa shape index (κ1) is 12.3. The molecule has 5 nitrogen and oxygen atoms in total. The summed E-state index contributed by atoms with van der Waals surface area (Å²) in [5, 5.41) is 9.07. The van der Waals surface area contributed by atoms with Crippen LogP contribution in [0.25, 0.3) is 11.0 Å². The Kier molecular flexibility index (Phi) is 2.95. The van der Waals surface area contributed by atoms with E-state index in [1.165, 1.54) is 0 Å². The normalized spacial score (nSPS) is 10.8. The van der Waals surface area contributed by atoms with E-state index in [-0.39, 0.29) is 5.56 Å². The Hall–Kier alpha value is -2.69. The van der Waals surface area contributed by atoms with Crippen LogP contribution < -0.4 is 0 Å². The molecule has 1 aromatic carbocycles. The van der Waals surface area contributed by atoms with Crippen LogP contribution >= 0.6 is 0 Å². The summed E-state index contributed by atoms with van der Waals surface area (Å²) in [5.74, 6) is -0.931. The van der Waals surface area contributed by atoms with Crippen LogP contribution in [0, 0.1) is 6.92 Å². The summed E-state index contributed by atoms with van der Waals surface area (Å²) in [6.07, 6.45) is 5.30. The highest BCUT2D eigenvalue weighted by Gasteiger charge is 2.09. The lowest BCUT2D eigenvalue weighted by Gasteiger charge is -2.07. The molecule has 0 saturated carbocycles. The van der Waals surface area contributed by atoms with Gasteiger partial charge in [0.15, 0.2) is 0 Å². The fourth-order valence-corrected chi connectivity index (χ4v) is 2.18. The van der Waals surface area contributed by atoms with Crippen LogP contribution in [0.15, 0.2) is 43.0 Å². The van der Waals surface area contributed by atoms with Crippen molar-refractivity contribution in [3.05, 3.63) is 59.7 Å². The number of hydrogen-bond donors (Lipinski definition) is 1. The summed E-state index contributed by atoms with van der Waals surface area (Å²) in [7, 11) is 0. The molecule has 0 bridgehead atoms. The minimum atomic E-state index is -0.931. The maximum atomic E-state index is 11.1. The number of imidazole rings is 1. The van der Waals surface area contributed by atoms with Crippen LogP contribution in [0.4, 0.5) is 0 Å². The average Bonchev–Trinajstić information content (AvgIpc) is 2.84. The van der Waals surface area contributed by atoms with Gasteiger partial charge in [0.05, 0.1) is 22.9 Å². The number of carbonyl (C=O) groups is 1. The van der Waals surface area contributed by atoms with Crippen molar-refractivity contribution in [2.75, 3.05) is 0 Å². The molecule has 3 aromatic rings. The summed E-state index contributed by atoms with van der Waals surface area (Å²) >= 11 is 0. The fourth-order valence-electron chi connectivity index (χ4n) is 2.18. The third-order valence-corrected chi connectivity index (χ3v) is 3.35. The van der Waals surface area contributed by atoms with Gasteiger partial charge in [-0.25, -0.2) is 9.78 Å². The zero-order chi connectivity index (χ0) is 14.1. The molecule has 0 aliphatic rings. The van der Waals surface area contributed by atoms with E-state index in [4.69, 9.17) is 5.11 Å². The van der Waals surface area contributed by atoms with Crippen molar-refractivity contribution in [3.8, 4) is 0 Å². The quantitative estimate of drug-likeness (QED) is 0.791. The van der Waals surface area contributed by atoms with Crippen molar-refractivity contribution in [1.29, 1.82) is 0 Å². The molecule has 0 spiro atoms. The Morgan fingerprint density at radius 2 is 2.20 bits per heavy atom. The molecule has 0 amide bonds. The molecule has 0 radical (unpaired) electrons. The lowest BCUT2D eigenvalue weighted by Crippen LogP contribution is -2.02. The van der Waals surface area contributed by atoms with Gasteiger partial charge in [-0.15, -0.1) is 0 Å². The molecule has 0 saturated heterocycles. The SMILES string of the molecule is Cc1cnccc1Cn1cnc2ccc(C(=O)O)cc21. The molecular weight excluding hydrogens is 254 g/mol. The Bertz CT molecular complexity index is 793. The number of aromatic carboxylic acids is 1. The maximum Gasteiger partial charge on any atom is 0.335 e. The lowest BCUT2D eigenvalue weighted by atomic mass is 10.1. The van der Waals surface area contributed by atoms with Gasteiger partial charge in [0.25, 0.3) is 0 Å². The molecule has 20 heavy (non-hydrogen) atoms. The second-order valence-corrected chi connectivity index (χ2v) is 4.68. The highest BCUT2D eigenvalue weighted by Crippen LogP contribution is 2.17. The molecule has 5 heteroatoms. The van der Waals surface area contributed by atoms with Crippen molar-refractivity contribution >= 4 is 17.0 Å². The predicted molar refractivity (Wildman–Crippen MR) is 74.8 cm³/mol. The van der Waals surface area contributed by atoms with Gasteiger partial charge < -0.3 is 9.67 Å². The van der Waals surface area contributed by atoms with Crippen LogP contribution in [0.1, 0.15) is 21.5 Å².